The minimum Gasteiger partial charge on any atom is -0.481 e. The summed E-state index contributed by atoms with van der Waals surface area (Å²) in [4.78, 5) is 22.4. The number of aliphatic carboxylic acids is 1. The quantitative estimate of drug-likeness (QED) is 0.411. The summed E-state index contributed by atoms with van der Waals surface area (Å²) in [6.07, 6.45) is 11.8. The Morgan fingerprint density at radius 3 is 2.70 bits per heavy atom. The molecule has 2 fully saturated rings. The molecule has 0 radical (unpaired) electrons. The first-order chi connectivity index (χ1) is 12.6. The van der Waals surface area contributed by atoms with E-state index in [4.69, 9.17) is 9.84 Å². The molecule has 4 atom stereocenters. The van der Waals surface area contributed by atoms with E-state index in [1.165, 1.54) is 24.8 Å². The second-order valence-corrected chi connectivity index (χ2v) is 9.98. The lowest BCUT2D eigenvalue weighted by atomic mass is 9.46. The van der Waals surface area contributed by atoms with Crippen molar-refractivity contribution in [1.82, 2.24) is 0 Å². The second kappa shape index (κ2) is 7.10. The highest BCUT2D eigenvalue weighted by Crippen LogP contribution is 2.63. The van der Waals surface area contributed by atoms with Crippen molar-refractivity contribution in [2.45, 2.75) is 72.1 Å². The SMILES string of the molecule is C=CC1(COC(=O)CC(=O)O)CCC2C(=CCC3C(C)(C)CCCC23C)C1. The number of ether oxygens (including phenoxy) is 1. The van der Waals surface area contributed by atoms with Crippen molar-refractivity contribution in [2.24, 2.45) is 28.1 Å². The maximum absolute atomic E-state index is 11.7. The lowest BCUT2D eigenvalue weighted by molar-refractivity contribution is -0.153. The summed E-state index contributed by atoms with van der Waals surface area (Å²) in [5, 5.41) is 8.75. The average Bonchev–Trinajstić information content (AvgIpc) is 2.58. The van der Waals surface area contributed by atoms with Crippen LogP contribution in [0.5, 0.6) is 0 Å². The second-order valence-electron chi connectivity index (χ2n) is 9.98. The predicted octanol–water partition coefficient (Wildman–Crippen LogP) is 5.14. The molecule has 0 aromatic heterocycles. The van der Waals surface area contributed by atoms with E-state index >= 15 is 0 Å². The summed E-state index contributed by atoms with van der Waals surface area (Å²) in [6, 6.07) is 0. The summed E-state index contributed by atoms with van der Waals surface area (Å²) >= 11 is 0. The number of carbonyl (C=O) groups is 2. The normalized spacial score (nSPS) is 37.4. The molecule has 27 heavy (non-hydrogen) atoms. The van der Waals surface area contributed by atoms with Crippen molar-refractivity contribution >= 4 is 11.9 Å². The van der Waals surface area contributed by atoms with Gasteiger partial charge in [0.1, 0.15) is 13.0 Å². The predicted molar refractivity (Wildman–Crippen MR) is 105 cm³/mol. The lowest BCUT2D eigenvalue weighted by Crippen LogP contribution is -2.50. The summed E-state index contributed by atoms with van der Waals surface area (Å²) in [5.41, 5.74) is 2.00. The van der Waals surface area contributed by atoms with Crippen LogP contribution in [0.3, 0.4) is 0 Å². The number of fused-ring (bicyclic) bond motifs is 3. The van der Waals surface area contributed by atoms with Crippen LogP contribution in [0.25, 0.3) is 0 Å². The highest BCUT2D eigenvalue weighted by atomic mass is 16.5. The van der Waals surface area contributed by atoms with Crippen molar-refractivity contribution < 1.29 is 19.4 Å². The number of allylic oxidation sites excluding steroid dienone is 2. The van der Waals surface area contributed by atoms with Gasteiger partial charge in [-0.05, 0) is 61.2 Å². The molecule has 0 aromatic rings. The van der Waals surface area contributed by atoms with E-state index in [2.05, 4.69) is 33.4 Å². The van der Waals surface area contributed by atoms with Crippen LogP contribution in [0, 0.1) is 28.1 Å². The zero-order valence-corrected chi connectivity index (χ0v) is 17.1. The first-order valence-electron chi connectivity index (χ1n) is 10.3. The fourth-order valence-electron chi connectivity index (χ4n) is 6.40. The molecule has 0 spiro atoms. The van der Waals surface area contributed by atoms with E-state index in [1.54, 1.807) is 0 Å². The van der Waals surface area contributed by atoms with Crippen LogP contribution in [0.15, 0.2) is 24.3 Å². The third-order valence-electron chi connectivity index (χ3n) is 7.87. The molecular formula is C23H34O4. The van der Waals surface area contributed by atoms with E-state index in [0.717, 1.165) is 31.6 Å². The molecule has 0 amide bonds. The van der Waals surface area contributed by atoms with Crippen LogP contribution >= 0.6 is 0 Å². The molecule has 4 heteroatoms. The van der Waals surface area contributed by atoms with Crippen LogP contribution < -0.4 is 0 Å². The lowest BCUT2D eigenvalue weighted by Gasteiger charge is -2.59. The zero-order chi connectivity index (χ0) is 19.9. The molecule has 1 N–H and O–H groups in total. The van der Waals surface area contributed by atoms with E-state index in [1.807, 2.05) is 6.08 Å². The van der Waals surface area contributed by atoms with Gasteiger partial charge in [-0.2, -0.15) is 0 Å². The van der Waals surface area contributed by atoms with Gasteiger partial charge < -0.3 is 9.84 Å². The number of carboxylic acids is 1. The molecule has 4 nitrogen and oxygen atoms in total. The Hall–Kier alpha value is -1.58. The smallest absolute Gasteiger partial charge is 0.317 e. The van der Waals surface area contributed by atoms with Gasteiger partial charge in [0.25, 0.3) is 0 Å². The van der Waals surface area contributed by atoms with Gasteiger partial charge in [0.15, 0.2) is 0 Å². The molecule has 3 rings (SSSR count). The van der Waals surface area contributed by atoms with Gasteiger partial charge in [0.2, 0.25) is 0 Å². The summed E-state index contributed by atoms with van der Waals surface area (Å²) < 4.78 is 5.31. The first-order valence-corrected chi connectivity index (χ1v) is 10.3. The molecule has 0 bridgehead atoms. The van der Waals surface area contributed by atoms with Crippen LogP contribution in [-0.2, 0) is 14.3 Å². The first kappa shape index (κ1) is 20.2. The number of hydrogen-bond acceptors (Lipinski definition) is 3. The Morgan fingerprint density at radius 2 is 2.04 bits per heavy atom. The Balaban J connectivity index is 1.75. The van der Waals surface area contributed by atoms with Gasteiger partial charge in [-0.15, -0.1) is 6.58 Å². The number of esters is 1. The molecular weight excluding hydrogens is 340 g/mol. The minimum atomic E-state index is -1.15. The van der Waals surface area contributed by atoms with E-state index in [9.17, 15) is 9.59 Å². The van der Waals surface area contributed by atoms with Crippen molar-refractivity contribution in [3.8, 4) is 0 Å². The maximum Gasteiger partial charge on any atom is 0.317 e. The van der Waals surface area contributed by atoms with E-state index in [-0.39, 0.29) is 12.0 Å². The molecule has 3 aliphatic rings. The average molecular weight is 375 g/mol. The summed E-state index contributed by atoms with van der Waals surface area (Å²) in [7, 11) is 0. The minimum absolute atomic E-state index is 0.234. The molecule has 0 aliphatic heterocycles. The van der Waals surface area contributed by atoms with Gasteiger partial charge in [-0.1, -0.05) is 44.9 Å². The molecule has 4 unspecified atom stereocenters. The van der Waals surface area contributed by atoms with Gasteiger partial charge in [0.05, 0.1) is 0 Å². The largest absolute Gasteiger partial charge is 0.481 e. The highest BCUT2D eigenvalue weighted by molar-refractivity contribution is 5.90. The van der Waals surface area contributed by atoms with E-state index in [0.29, 0.717) is 16.7 Å². The van der Waals surface area contributed by atoms with Gasteiger partial charge >= 0.3 is 11.9 Å². The van der Waals surface area contributed by atoms with Crippen molar-refractivity contribution in [2.75, 3.05) is 6.61 Å². The standard InChI is InChI=1S/C23H34O4/c1-5-23(15-27-20(26)13-19(24)25)12-9-17-16(14-23)7-8-18-21(2,3)10-6-11-22(17,18)4/h5,7,17-18H,1,6,8-15H2,2-4H3,(H,24,25). The van der Waals surface area contributed by atoms with Crippen LogP contribution in [0.2, 0.25) is 0 Å². The highest BCUT2D eigenvalue weighted by Gasteiger charge is 2.54. The number of carbonyl (C=O) groups excluding carboxylic acids is 1. The van der Waals surface area contributed by atoms with Crippen molar-refractivity contribution in [1.29, 1.82) is 0 Å². The zero-order valence-electron chi connectivity index (χ0n) is 17.1. The van der Waals surface area contributed by atoms with E-state index < -0.39 is 18.4 Å². The fourth-order valence-corrected chi connectivity index (χ4v) is 6.40. The molecule has 0 aromatic carbocycles. The van der Waals surface area contributed by atoms with Crippen molar-refractivity contribution in [3.05, 3.63) is 24.3 Å². The Labute approximate surface area is 163 Å². The van der Waals surface area contributed by atoms with Gasteiger partial charge in [-0.25, -0.2) is 0 Å². The Bertz CT molecular complexity index is 661. The molecule has 0 heterocycles. The topological polar surface area (TPSA) is 63.6 Å². The summed E-state index contributed by atoms with van der Waals surface area (Å²) in [5.74, 6) is -0.467. The third kappa shape index (κ3) is 3.72. The Kier molecular flexibility index (Phi) is 5.31. The van der Waals surface area contributed by atoms with Crippen LogP contribution in [0.1, 0.15) is 72.1 Å². The third-order valence-corrected chi connectivity index (χ3v) is 7.87. The molecule has 3 aliphatic carbocycles. The van der Waals surface area contributed by atoms with Crippen LogP contribution in [-0.4, -0.2) is 23.7 Å². The molecule has 2 saturated carbocycles. The Morgan fingerprint density at radius 1 is 1.30 bits per heavy atom. The molecule has 150 valence electrons. The monoisotopic (exact) mass is 374 g/mol. The van der Waals surface area contributed by atoms with Gasteiger partial charge in [0, 0.05) is 5.41 Å². The number of rotatable bonds is 5. The van der Waals surface area contributed by atoms with Crippen LogP contribution in [0.4, 0.5) is 0 Å². The molecule has 0 saturated heterocycles. The number of hydrogen-bond donors (Lipinski definition) is 1. The summed E-state index contributed by atoms with van der Waals surface area (Å²) in [6.45, 7) is 11.6. The van der Waals surface area contributed by atoms with Gasteiger partial charge in [-0.3, -0.25) is 9.59 Å². The van der Waals surface area contributed by atoms with Crippen molar-refractivity contribution in [3.63, 3.8) is 0 Å². The maximum atomic E-state index is 11.7. The fraction of sp³-hybridized carbons (Fsp3) is 0.739. The number of carboxylic acid groups (broad SMARTS) is 1.